The van der Waals surface area contributed by atoms with Gasteiger partial charge in [-0.3, -0.25) is 4.79 Å². The minimum absolute atomic E-state index is 0.0457. The lowest BCUT2D eigenvalue weighted by atomic mass is 9.95. The van der Waals surface area contributed by atoms with Crippen LogP contribution in [0.4, 0.5) is 19.0 Å². The molecule has 9 nitrogen and oxygen atoms in total. The molecule has 2 heterocycles. The molecule has 1 atom stereocenters. The Labute approximate surface area is 214 Å². The highest BCUT2D eigenvalue weighted by Gasteiger charge is 2.33. The molecular weight excluding hydrogens is 491 g/mol. The van der Waals surface area contributed by atoms with Gasteiger partial charge in [0.25, 0.3) is 0 Å². The first-order chi connectivity index (χ1) is 17.6. The van der Waals surface area contributed by atoms with Crippen LogP contribution in [-0.4, -0.2) is 65.6 Å². The maximum absolute atomic E-state index is 13.3. The van der Waals surface area contributed by atoms with Gasteiger partial charge in [-0.1, -0.05) is 0 Å². The Morgan fingerprint density at radius 2 is 2.08 bits per heavy atom. The Hall–Kier alpha value is -2.96. The van der Waals surface area contributed by atoms with E-state index in [9.17, 15) is 23.1 Å². The number of alkyl halides is 3. The average Bonchev–Trinajstić information content (AvgIpc) is 2.84. The molecule has 4 N–H and O–H groups in total. The van der Waals surface area contributed by atoms with Gasteiger partial charge in [0.15, 0.2) is 5.82 Å². The third-order valence-electron chi connectivity index (χ3n) is 6.39. The summed E-state index contributed by atoms with van der Waals surface area (Å²) in [6.07, 6.45) is -2.48. The number of methoxy groups -OCH3 is 1. The molecule has 37 heavy (non-hydrogen) atoms. The Bertz CT molecular complexity index is 1100. The normalized spacial score (nSPS) is 16.6. The zero-order chi connectivity index (χ0) is 27.2. The first-order valence-corrected chi connectivity index (χ1v) is 12.2. The lowest BCUT2D eigenvalue weighted by Gasteiger charge is -2.33. The van der Waals surface area contributed by atoms with Gasteiger partial charge in [-0.15, -0.1) is 10.2 Å². The third kappa shape index (κ3) is 7.08. The summed E-state index contributed by atoms with van der Waals surface area (Å²) in [7, 11) is 1.36. The highest BCUT2D eigenvalue weighted by atomic mass is 19.4. The molecule has 2 aromatic rings. The van der Waals surface area contributed by atoms with Gasteiger partial charge in [0, 0.05) is 43.9 Å². The van der Waals surface area contributed by atoms with E-state index in [2.05, 4.69) is 20.4 Å². The van der Waals surface area contributed by atoms with Crippen LogP contribution < -0.4 is 11.1 Å². The number of halogens is 3. The van der Waals surface area contributed by atoms with Crippen molar-refractivity contribution < 1.29 is 32.5 Å². The largest absolute Gasteiger partial charge is 0.507 e. The standard InChI is InChI=1S/C25H34F3N5O4/c1-4-37-21(35)7-9-33-8-5-6-18(13-33)30-24-19(12-29)15(2)23(31-32-24)22-16(14-36-3)10-17(11-20(22)34)25(26,27)28/h10-11,18,34H,4-9,12-14,29H2,1-3H3,(H,30,32)/t18-/m1/s1. The molecule has 12 heteroatoms. The number of carbonyl (C=O) groups is 1. The second-order valence-corrected chi connectivity index (χ2v) is 9.00. The molecule has 1 saturated heterocycles. The summed E-state index contributed by atoms with van der Waals surface area (Å²) in [5.41, 5.74) is 6.83. The number of carbonyl (C=O) groups excluding carboxylic acids is 1. The number of nitrogens with one attached hydrogen (secondary N) is 1. The van der Waals surface area contributed by atoms with Gasteiger partial charge in [-0.2, -0.15) is 13.2 Å². The molecule has 0 amide bonds. The van der Waals surface area contributed by atoms with Crippen LogP contribution in [-0.2, 0) is 33.6 Å². The molecule has 0 unspecified atom stereocenters. The molecule has 1 aromatic heterocycles. The van der Waals surface area contributed by atoms with Crippen molar-refractivity contribution in [1.82, 2.24) is 15.1 Å². The van der Waals surface area contributed by atoms with Gasteiger partial charge in [0.2, 0.25) is 0 Å². The van der Waals surface area contributed by atoms with Crippen molar-refractivity contribution in [2.75, 3.05) is 38.7 Å². The SMILES string of the molecule is CCOC(=O)CCN1CCC[C@@H](Nc2nnc(-c3c(O)cc(C(F)(F)F)cc3COC)c(C)c2CN)C1. The van der Waals surface area contributed by atoms with E-state index in [4.69, 9.17) is 15.2 Å². The number of hydrogen-bond donors (Lipinski definition) is 3. The van der Waals surface area contributed by atoms with Crippen LogP contribution in [0.5, 0.6) is 5.75 Å². The molecule has 0 saturated carbocycles. The number of nitrogens with zero attached hydrogens (tertiary/aromatic N) is 3. The Kier molecular flexibility index (Phi) is 9.68. The Morgan fingerprint density at radius 1 is 1.32 bits per heavy atom. The van der Waals surface area contributed by atoms with Gasteiger partial charge in [0.1, 0.15) is 11.4 Å². The fraction of sp³-hybridized carbons (Fsp3) is 0.560. The maximum atomic E-state index is 13.3. The highest BCUT2D eigenvalue weighted by Crippen LogP contribution is 2.40. The molecule has 1 aliphatic rings. The number of aromatic nitrogens is 2. The van der Waals surface area contributed by atoms with Gasteiger partial charge < -0.3 is 30.5 Å². The predicted octanol–water partition coefficient (Wildman–Crippen LogP) is 3.61. The van der Waals surface area contributed by atoms with Crippen molar-refractivity contribution in [3.05, 3.63) is 34.4 Å². The van der Waals surface area contributed by atoms with Crippen LogP contribution in [0.15, 0.2) is 12.1 Å². The quantitative estimate of drug-likeness (QED) is 0.399. The van der Waals surface area contributed by atoms with Crippen LogP contribution in [0.1, 0.15) is 48.4 Å². The molecule has 1 aliphatic heterocycles. The monoisotopic (exact) mass is 525 g/mol. The van der Waals surface area contributed by atoms with E-state index in [0.717, 1.165) is 25.5 Å². The van der Waals surface area contributed by atoms with Crippen LogP contribution in [0.25, 0.3) is 11.3 Å². The van der Waals surface area contributed by atoms with Gasteiger partial charge in [-0.25, -0.2) is 0 Å². The van der Waals surface area contributed by atoms with Crippen LogP contribution in [0.2, 0.25) is 0 Å². The number of aromatic hydroxyl groups is 1. The van der Waals surface area contributed by atoms with Crippen molar-refractivity contribution in [2.24, 2.45) is 5.73 Å². The molecule has 3 rings (SSSR count). The summed E-state index contributed by atoms with van der Waals surface area (Å²) in [6, 6.07) is 1.67. The number of benzene rings is 1. The van der Waals surface area contributed by atoms with Crippen molar-refractivity contribution in [3.63, 3.8) is 0 Å². The van der Waals surface area contributed by atoms with Crippen molar-refractivity contribution in [2.45, 2.75) is 58.5 Å². The Balaban J connectivity index is 1.86. The summed E-state index contributed by atoms with van der Waals surface area (Å²) < 4.78 is 50.0. The number of rotatable bonds is 10. The maximum Gasteiger partial charge on any atom is 0.416 e. The third-order valence-corrected chi connectivity index (χ3v) is 6.39. The molecule has 1 aromatic carbocycles. The highest BCUT2D eigenvalue weighted by molar-refractivity contribution is 5.75. The number of phenols is 1. The van der Waals surface area contributed by atoms with E-state index in [-0.39, 0.29) is 42.0 Å². The average molecular weight is 526 g/mol. The first kappa shape index (κ1) is 28.6. The van der Waals surface area contributed by atoms with Crippen molar-refractivity contribution in [1.29, 1.82) is 0 Å². The number of phenolic OH excluding ortho intramolecular Hbond substituents is 1. The number of hydrogen-bond acceptors (Lipinski definition) is 9. The predicted molar refractivity (Wildman–Crippen MR) is 132 cm³/mol. The number of piperidine rings is 1. The van der Waals surface area contributed by atoms with Gasteiger partial charge in [0.05, 0.1) is 25.2 Å². The molecule has 1 fully saturated rings. The molecular formula is C25H34F3N5O4. The van der Waals surface area contributed by atoms with E-state index in [1.54, 1.807) is 13.8 Å². The summed E-state index contributed by atoms with van der Waals surface area (Å²) in [4.78, 5) is 13.9. The topological polar surface area (TPSA) is 123 Å². The van der Waals surface area contributed by atoms with E-state index < -0.39 is 17.5 Å². The van der Waals surface area contributed by atoms with E-state index in [1.165, 1.54) is 7.11 Å². The van der Waals surface area contributed by atoms with E-state index in [1.807, 2.05) is 0 Å². The Morgan fingerprint density at radius 3 is 2.73 bits per heavy atom. The lowest BCUT2D eigenvalue weighted by Crippen LogP contribution is -2.43. The summed E-state index contributed by atoms with van der Waals surface area (Å²) in [5, 5.41) is 22.6. The molecule has 204 valence electrons. The second-order valence-electron chi connectivity index (χ2n) is 9.00. The zero-order valence-electron chi connectivity index (χ0n) is 21.3. The number of likely N-dealkylation sites (tertiary alicyclic amines) is 1. The zero-order valence-corrected chi connectivity index (χ0v) is 21.3. The van der Waals surface area contributed by atoms with Gasteiger partial charge >= 0.3 is 12.1 Å². The van der Waals surface area contributed by atoms with Crippen LogP contribution in [0.3, 0.4) is 0 Å². The molecule has 0 aliphatic carbocycles. The minimum atomic E-state index is -4.63. The first-order valence-electron chi connectivity index (χ1n) is 12.2. The lowest BCUT2D eigenvalue weighted by molar-refractivity contribution is -0.143. The van der Waals surface area contributed by atoms with Crippen LogP contribution in [0, 0.1) is 6.92 Å². The number of esters is 1. The van der Waals surface area contributed by atoms with E-state index >= 15 is 0 Å². The minimum Gasteiger partial charge on any atom is -0.507 e. The van der Waals surface area contributed by atoms with Gasteiger partial charge in [-0.05, 0) is 56.5 Å². The van der Waals surface area contributed by atoms with Crippen molar-refractivity contribution >= 4 is 11.8 Å². The number of nitrogens with two attached hydrogens (primary N) is 1. The molecule has 0 bridgehead atoms. The van der Waals surface area contributed by atoms with E-state index in [0.29, 0.717) is 49.1 Å². The number of ether oxygens (including phenoxy) is 2. The fourth-order valence-electron chi connectivity index (χ4n) is 4.60. The second kappa shape index (κ2) is 12.5. The number of anilines is 1. The molecule has 0 radical (unpaired) electrons. The smallest absolute Gasteiger partial charge is 0.416 e. The molecule has 0 spiro atoms. The summed E-state index contributed by atoms with van der Waals surface area (Å²) >= 11 is 0. The fourth-order valence-corrected chi connectivity index (χ4v) is 4.60. The summed E-state index contributed by atoms with van der Waals surface area (Å²) in [5.74, 6) is -0.299. The van der Waals surface area contributed by atoms with Crippen LogP contribution >= 0.6 is 0 Å². The van der Waals surface area contributed by atoms with Crippen molar-refractivity contribution in [3.8, 4) is 17.0 Å². The summed E-state index contributed by atoms with van der Waals surface area (Å²) in [6.45, 7) is 6.00.